The van der Waals surface area contributed by atoms with E-state index in [9.17, 15) is 4.39 Å². The van der Waals surface area contributed by atoms with E-state index in [1.54, 1.807) is 12.1 Å². The van der Waals surface area contributed by atoms with Gasteiger partial charge in [-0.1, -0.05) is 18.2 Å². The second kappa shape index (κ2) is 6.00. The molecule has 3 rings (SSSR count). The van der Waals surface area contributed by atoms with Crippen molar-refractivity contribution >= 4 is 0 Å². The van der Waals surface area contributed by atoms with Crippen molar-refractivity contribution in [3.63, 3.8) is 0 Å². The van der Waals surface area contributed by atoms with Crippen LogP contribution in [0.4, 0.5) is 4.39 Å². The zero-order valence-corrected chi connectivity index (χ0v) is 12.1. The van der Waals surface area contributed by atoms with Crippen molar-refractivity contribution in [2.24, 2.45) is 0 Å². The summed E-state index contributed by atoms with van der Waals surface area (Å²) in [5.41, 5.74) is 0.721. The molecule has 112 valence electrons. The molecule has 0 radical (unpaired) electrons. The maximum Gasteiger partial charge on any atom is 0.129 e. The van der Waals surface area contributed by atoms with E-state index >= 15 is 0 Å². The third kappa shape index (κ3) is 3.17. The van der Waals surface area contributed by atoms with Gasteiger partial charge in [0.25, 0.3) is 0 Å². The first-order chi connectivity index (χ1) is 10.2. The molecule has 0 bridgehead atoms. The van der Waals surface area contributed by atoms with Crippen LogP contribution in [0.2, 0.25) is 0 Å². The Bertz CT molecular complexity index is 606. The third-order valence-electron chi connectivity index (χ3n) is 4.08. The fraction of sp³-hybridized carbons (Fsp3) is 0.412. The van der Waals surface area contributed by atoms with Crippen molar-refractivity contribution in [1.82, 2.24) is 4.90 Å². The minimum absolute atomic E-state index is 0.00127. The number of aliphatic hydroxyl groups is 1. The molecule has 1 atom stereocenters. The maximum absolute atomic E-state index is 14.0. The quantitative estimate of drug-likeness (QED) is 0.882. The van der Waals surface area contributed by atoms with Gasteiger partial charge in [-0.05, 0) is 38.0 Å². The molecular formula is C17H20FNO2. The van der Waals surface area contributed by atoms with Crippen molar-refractivity contribution in [1.29, 1.82) is 0 Å². The molecule has 0 amide bonds. The lowest BCUT2D eigenvalue weighted by molar-refractivity contribution is 0.167. The van der Waals surface area contributed by atoms with Crippen molar-refractivity contribution in [3.8, 4) is 0 Å². The highest BCUT2D eigenvalue weighted by Gasteiger charge is 2.34. The molecule has 1 N–H and O–H groups in total. The summed E-state index contributed by atoms with van der Waals surface area (Å²) < 4.78 is 19.6. The second-order valence-electron chi connectivity index (χ2n) is 5.63. The number of benzene rings is 1. The third-order valence-corrected chi connectivity index (χ3v) is 4.08. The molecule has 0 saturated heterocycles. The zero-order valence-electron chi connectivity index (χ0n) is 12.1. The van der Waals surface area contributed by atoms with E-state index in [2.05, 4.69) is 4.90 Å². The minimum atomic E-state index is -0.161. The number of hydrogen-bond acceptors (Lipinski definition) is 3. The minimum Gasteiger partial charge on any atom is -0.462 e. The Morgan fingerprint density at radius 2 is 1.95 bits per heavy atom. The first kappa shape index (κ1) is 14.3. The molecule has 1 aromatic heterocycles. The average molecular weight is 289 g/mol. The molecule has 1 aromatic carbocycles. The molecule has 0 unspecified atom stereocenters. The molecular weight excluding hydrogens is 269 g/mol. The lowest BCUT2D eigenvalue weighted by atomic mass is 10.1. The van der Waals surface area contributed by atoms with Gasteiger partial charge >= 0.3 is 0 Å². The molecule has 4 heteroatoms. The highest BCUT2D eigenvalue weighted by atomic mass is 19.1. The smallest absolute Gasteiger partial charge is 0.129 e. The molecule has 1 aliphatic rings. The summed E-state index contributed by atoms with van der Waals surface area (Å²) in [6.45, 7) is 2.58. The Hall–Kier alpha value is -1.65. The first-order valence-electron chi connectivity index (χ1n) is 7.37. The van der Waals surface area contributed by atoms with E-state index < -0.39 is 0 Å². The summed E-state index contributed by atoms with van der Waals surface area (Å²) in [5, 5.41) is 9.07. The molecule has 1 fully saturated rings. The largest absolute Gasteiger partial charge is 0.462 e. The van der Waals surface area contributed by atoms with Gasteiger partial charge in [-0.2, -0.15) is 0 Å². The normalized spacial score (nSPS) is 16.4. The summed E-state index contributed by atoms with van der Waals surface area (Å²) in [7, 11) is 0. The van der Waals surface area contributed by atoms with Gasteiger partial charge in [0.15, 0.2) is 0 Å². The topological polar surface area (TPSA) is 36.6 Å². The van der Waals surface area contributed by atoms with E-state index in [-0.39, 0.29) is 18.5 Å². The van der Waals surface area contributed by atoms with Crippen LogP contribution in [0.15, 0.2) is 40.8 Å². The summed E-state index contributed by atoms with van der Waals surface area (Å²) in [5.74, 6) is 1.22. The van der Waals surface area contributed by atoms with Crippen LogP contribution in [0.5, 0.6) is 0 Å². The Labute approximate surface area is 124 Å². The molecule has 0 aliphatic heterocycles. The van der Waals surface area contributed by atoms with Gasteiger partial charge in [-0.25, -0.2) is 4.39 Å². The van der Waals surface area contributed by atoms with Gasteiger partial charge in [0, 0.05) is 17.6 Å². The Balaban J connectivity index is 1.79. The lowest BCUT2D eigenvalue weighted by Crippen LogP contribution is -2.29. The predicted octanol–water partition coefficient (Wildman–Crippen LogP) is 3.64. The Morgan fingerprint density at radius 3 is 2.57 bits per heavy atom. The zero-order chi connectivity index (χ0) is 14.8. The van der Waals surface area contributed by atoms with Crippen molar-refractivity contribution < 1.29 is 13.9 Å². The second-order valence-corrected chi connectivity index (χ2v) is 5.63. The van der Waals surface area contributed by atoms with Gasteiger partial charge in [-0.3, -0.25) is 4.90 Å². The molecule has 0 spiro atoms. The van der Waals surface area contributed by atoms with E-state index in [1.165, 1.54) is 6.07 Å². The van der Waals surface area contributed by atoms with Crippen LogP contribution in [-0.4, -0.2) is 16.0 Å². The number of halogens is 1. The molecule has 3 nitrogen and oxygen atoms in total. The number of hydrogen-bond donors (Lipinski definition) is 1. The molecule has 21 heavy (non-hydrogen) atoms. The van der Waals surface area contributed by atoms with Crippen LogP contribution >= 0.6 is 0 Å². The Morgan fingerprint density at radius 1 is 1.24 bits per heavy atom. The highest BCUT2D eigenvalue weighted by molar-refractivity contribution is 5.21. The fourth-order valence-corrected chi connectivity index (χ4v) is 2.75. The van der Waals surface area contributed by atoms with Crippen molar-refractivity contribution in [2.75, 3.05) is 0 Å². The van der Waals surface area contributed by atoms with Gasteiger partial charge in [0.1, 0.15) is 23.9 Å². The summed E-state index contributed by atoms with van der Waals surface area (Å²) in [4.78, 5) is 2.28. The fourth-order valence-electron chi connectivity index (χ4n) is 2.75. The molecule has 1 aliphatic carbocycles. The van der Waals surface area contributed by atoms with Crippen LogP contribution in [0.1, 0.15) is 42.9 Å². The van der Waals surface area contributed by atoms with Crippen LogP contribution in [0, 0.1) is 5.82 Å². The van der Waals surface area contributed by atoms with Crippen LogP contribution < -0.4 is 0 Å². The van der Waals surface area contributed by atoms with Gasteiger partial charge in [0.05, 0.1) is 6.54 Å². The predicted molar refractivity (Wildman–Crippen MR) is 78.0 cm³/mol. The van der Waals surface area contributed by atoms with E-state index in [1.807, 2.05) is 25.1 Å². The van der Waals surface area contributed by atoms with E-state index in [0.717, 1.165) is 24.2 Å². The Kier molecular flexibility index (Phi) is 4.08. The maximum atomic E-state index is 14.0. The van der Waals surface area contributed by atoms with Crippen molar-refractivity contribution in [3.05, 3.63) is 59.3 Å². The van der Waals surface area contributed by atoms with E-state index in [0.29, 0.717) is 18.3 Å². The number of nitrogens with zero attached hydrogens (tertiary/aromatic N) is 1. The van der Waals surface area contributed by atoms with Gasteiger partial charge < -0.3 is 9.52 Å². The van der Waals surface area contributed by atoms with Crippen LogP contribution in [0.3, 0.4) is 0 Å². The highest BCUT2D eigenvalue weighted by Crippen LogP contribution is 2.36. The van der Waals surface area contributed by atoms with Crippen LogP contribution in [-0.2, 0) is 13.2 Å². The van der Waals surface area contributed by atoms with Gasteiger partial charge in [-0.15, -0.1) is 0 Å². The molecule has 2 aromatic rings. The average Bonchev–Trinajstić information content (AvgIpc) is 3.23. The standard InChI is InChI=1S/C17H20FNO2/c1-12(16-4-2-3-5-17(16)18)19(13-6-7-13)10-14-8-9-15(11-20)21-14/h2-5,8-9,12-13,20H,6-7,10-11H2,1H3/t12-/m0/s1. The summed E-state index contributed by atoms with van der Waals surface area (Å²) in [6.07, 6.45) is 2.29. The molecule has 1 heterocycles. The van der Waals surface area contributed by atoms with Crippen molar-refractivity contribution in [2.45, 2.75) is 45.0 Å². The SMILES string of the molecule is C[C@@H](c1ccccc1F)N(Cc1ccc(CO)o1)C1CC1. The van der Waals surface area contributed by atoms with Crippen LogP contribution in [0.25, 0.3) is 0 Å². The lowest BCUT2D eigenvalue weighted by Gasteiger charge is -2.29. The summed E-state index contributed by atoms with van der Waals surface area (Å²) in [6, 6.07) is 11.1. The van der Waals surface area contributed by atoms with E-state index in [4.69, 9.17) is 9.52 Å². The number of aliphatic hydroxyl groups excluding tert-OH is 1. The summed E-state index contributed by atoms with van der Waals surface area (Å²) >= 11 is 0. The number of rotatable bonds is 6. The van der Waals surface area contributed by atoms with Gasteiger partial charge in [0.2, 0.25) is 0 Å². The first-order valence-corrected chi connectivity index (χ1v) is 7.37. The number of furan rings is 1. The monoisotopic (exact) mass is 289 g/mol. The molecule has 1 saturated carbocycles.